The van der Waals surface area contributed by atoms with Gasteiger partial charge in [0.05, 0.1) is 6.20 Å². The van der Waals surface area contributed by atoms with Crippen molar-refractivity contribution in [3.63, 3.8) is 0 Å². The summed E-state index contributed by atoms with van der Waals surface area (Å²) in [6.45, 7) is 0. The van der Waals surface area contributed by atoms with E-state index in [9.17, 15) is 0 Å². The van der Waals surface area contributed by atoms with Gasteiger partial charge in [-0.05, 0) is 18.3 Å². The molecule has 1 aliphatic carbocycles. The fourth-order valence-corrected chi connectivity index (χ4v) is 3.59. The summed E-state index contributed by atoms with van der Waals surface area (Å²) in [5, 5.41) is 1.90. The van der Waals surface area contributed by atoms with Crippen LogP contribution in [0.25, 0.3) is 0 Å². The summed E-state index contributed by atoms with van der Waals surface area (Å²) < 4.78 is 5.18. The van der Waals surface area contributed by atoms with Gasteiger partial charge in [0, 0.05) is 11.1 Å². The highest BCUT2D eigenvalue weighted by Gasteiger charge is 2.36. The molecule has 13 heavy (non-hydrogen) atoms. The number of oxazole rings is 1. The van der Waals surface area contributed by atoms with Crippen molar-refractivity contribution in [2.45, 2.75) is 24.5 Å². The minimum atomic E-state index is 0.513. The molecule has 0 bridgehead atoms. The van der Waals surface area contributed by atoms with Gasteiger partial charge in [-0.1, -0.05) is 34.1 Å². The summed E-state index contributed by atoms with van der Waals surface area (Å²) in [5.74, 6) is 1.12. The zero-order valence-electron chi connectivity index (χ0n) is 7.33. The van der Waals surface area contributed by atoms with Gasteiger partial charge in [-0.15, -0.1) is 0 Å². The standard InChI is InChI=1S/C9H12BrNOS/c10-6-9(2-1-3-9)7-13-8-11-4-5-12-8/h4-5H,1-3,6-7H2. The van der Waals surface area contributed by atoms with E-state index in [-0.39, 0.29) is 0 Å². The SMILES string of the molecule is BrCC1(CSc2ncco2)CCC1. The molecule has 1 fully saturated rings. The molecule has 0 amide bonds. The van der Waals surface area contributed by atoms with Crippen molar-refractivity contribution in [2.24, 2.45) is 5.41 Å². The number of alkyl halides is 1. The van der Waals surface area contributed by atoms with Crippen molar-refractivity contribution in [3.05, 3.63) is 12.5 Å². The highest BCUT2D eigenvalue weighted by Crippen LogP contribution is 2.45. The highest BCUT2D eigenvalue weighted by atomic mass is 79.9. The highest BCUT2D eigenvalue weighted by molar-refractivity contribution is 9.09. The molecule has 0 saturated heterocycles. The monoisotopic (exact) mass is 261 g/mol. The van der Waals surface area contributed by atoms with Gasteiger partial charge in [-0.25, -0.2) is 4.98 Å². The molecule has 0 aromatic carbocycles. The Bertz CT molecular complexity index is 253. The first-order valence-corrected chi connectivity index (χ1v) is 6.54. The van der Waals surface area contributed by atoms with Crippen LogP contribution in [0.4, 0.5) is 0 Å². The van der Waals surface area contributed by atoms with Gasteiger partial charge < -0.3 is 4.42 Å². The van der Waals surface area contributed by atoms with Gasteiger partial charge in [0.25, 0.3) is 5.22 Å². The van der Waals surface area contributed by atoms with E-state index in [0.29, 0.717) is 5.41 Å². The molecule has 0 radical (unpaired) electrons. The molecule has 1 saturated carbocycles. The number of hydrogen-bond donors (Lipinski definition) is 0. The molecule has 0 atom stereocenters. The first-order chi connectivity index (χ1) is 6.35. The Kier molecular flexibility index (Phi) is 2.99. The topological polar surface area (TPSA) is 26.0 Å². The van der Waals surface area contributed by atoms with Crippen molar-refractivity contribution < 1.29 is 4.42 Å². The Morgan fingerprint density at radius 2 is 2.46 bits per heavy atom. The number of thioether (sulfide) groups is 1. The van der Waals surface area contributed by atoms with Crippen molar-refractivity contribution >= 4 is 27.7 Å². The molecule has 4 heteroatoms. The molecule has 0 N–H and O–H groups in total. The summed E-state index contributed by atoms with van der Waals surface area (Å²) >= 11 is 5.31. The van der Waals surface area contributed by atoms with E-state index in [1.54, 1.807) is 24.2 Å². The average Bonchev–Trinajstić information content (AvgIpc) is 2.56. The molecular formula is C9H12BrNOS. The summed E-state index contributed by atoms with van der Waals surface area (Å²) in [4.78, 5) is 4.09. The largest absolute Gasteiger partial charge is 0.440 e. The van der Waals surface area contributed by atoms with Crippen LogP contribution in [-0.4, -0.2) is 16.1 Å². The molecule has 1 aromatic heterocycles. The fraction of sp³-hybridized carbons (Fsp3) is 0.667. The van der Waals surface area contributed by atoms with Crippen molar-refractivity contribution in [1.82, 2.24) is 4.98 Å². The second kappa shape index (κ2) is 4.05. The second-order valence-corrected chi connectivity index (χ2v) is 5.06. The van der Waals surface area contributed by atoms with E-state index in [2.05, 4.69) is 20.9 Å². The van der Waals surface area contributed by atoms with Crippen LogP contribution in [-0.2, 0) is 0 Å². The number of hydrogen-bond acceptors (Lipinski definition) is 3. The minimum absolute atomic E-state index is 0.513. The number of rotatable bonds is 4. The third-order valence-corrected chi connectivity index (χ3v) is 5.00. The summed E-state index contributed by atoms with van der Waals surface area (Å²) in [7, 11) is 0. The summed E-state index contributed by atoms with van der Waals surface area (Å²) in [5.41, 5.74) is 0.513. The molecular weight excluding hydrogens is 250 g/mol. The van der Waals surface area contributed by atoms with Crippen LogP contribution >= 0.6 is 27.7 Å². The van der Waals surface area contributed by atoms with E-state index in [1.165, 1.54) is 19.3 Å². The van der Waals surface area contributed by atoms with Crippen molar-refractivity contribution in [2.75, 3.05) is 11.1 Å². The van der Waals surface area contributed by atoms with Crippen LogP contribution in [0.2, 0.25) is 0 Å². The maximum absolute atomic E-state index is 5.18. The average molecular weight is 262 g/mol. The molecule has 0 unspecified atom stereocenters. The lowest BCUT2D eigenvalue weighted by molar-refractivity contribution is 0.206. The molecule has 72 valence electrons. The van der Waals surface area contributed by atoms with Crippen LogP contribution in [0.5, 0.6) is 0 Å². The zero-order valence-corrected chi connectivity index (χ0v) is 9.73. The Morgan fingerprint density at radius 3 is 2.92 bits per heavy atom. The smallest absolute Gasteiger partial charge is 0.255 e. The second-order valence-electron chi connectivity index (χ2n) is 3.57. The van der Waals surface area contributed by atoms with Crippen LogP contribution in [0.1, 0.15) is 19.3 Å². The molecule has 1 aromatic rings. The van der Waals surface area contributed by atoms with E-state index in [1.807, 2.05) is 0 Å². The van der Waals surface area contributed by atoms with E-state index in [0.717, 1.165) is 16.3 Å². The van der Waals surface area contributed by atoms with Gasteiger partial charge in [0.15, 0.2) is 0 Å². The van der Waals surface area contributed by atoms with Crippen molar-refractivity contribution in [3.8, 4) is 0 Å². The minimum Gasteiger partial charge on any atom is -0.440 e. The maximum Gasteiger partial charge on any atom is 0.255 e. The zero-order chi connectivity index (χ0) is 9.15. The van der Waals surface area contributed by atoms with E-state index in [4.69, 9.17) is 4.42 Å². The lowest BCUT2D eigenvalue weighted by Gasteiger charge is -2.39. The number of aromatic nitrogens is 1. The third-order valence-electron chi connectivity index (χ3n) is 2.61. The Morgan fingerprint density at radius 1 is 1.62 bits per heavy atom. The van der Waals surface area contributed by atoms with E-state index >= 15 is 0 Å². The van der Waals surface area contributed by atoms with Crippen LogP contribution in [0, 0.1) is 5.41 Å². The predicted molar refractivity (Wildman–Crippen MR) is 57.3 cm³/mol. The quantitative estimate of drug-likeness (QED) is 0.615. The van der Waals surface area contributed by atoms with Gasteiger partial charge in [-0.3, -0.25) is 0 Å². The lowest BCUT2D eigenvalue weighted by atomic mass is 9.72. The number of nitrogens with zero attached hydrogens (tertiary/aromatic N) is 1. The van der Waals surface area contributed by atoms with Crippen molar-refractivity contribution in [1.29, 1.82) is 0 Å². The van der Waals surface area contributed by atoms with Gasteiger partial charge in [0.2, 0.25) is 0 Å². The first-order valence-electron chi connectivity index (χ1n) is 4.43. The lowest BCUT2D eigenvalue weighted by Crippen LogP contribution is -2.33. The van der Waals surface area contributed by atoms with Gasteiger partial charge in [-0.2, -0.15) is 0 Å². The normalized spacial score (nSPS) is 19.8. The fourth-order valence-electron chi connectivity index (χ4n) is 1.49. The summed E-state index contributed by atoms with van der Waals surface area (Å²) in [6, 6.07) is 0. The molecule has 1 aliphatic rings. The van der Waals surface area contributed by atoms with E-state index < -0.39 is 0 Å². The predicted octanol–water partition coefficient (Wildman–Crippen LogP) is 3.33. The molecule has 1 heterocycles. The third kappa shape index (κ3) is 2.10. The van der Waals surface area contributed by atoms with Gasteiger partial charge in [0.1, 0.15) is 6.26 Å². The molecule has 0 aliphatic heterocycles. The van der Waals surface area contributed by atoms with Crippen LogP contribution in [0.3, 0.4) is 0 Å². The summed E-state index contributed by atoms with van der Waals surface area (Å²) in [6.07, 6.45) is 7.38. The first kappa shape index (κ1) is 9.59. The molecule has 2 rings (SSSR count). The number of halogens is 1. The van der Waals surface area contributed by atoms with Crippen LogP contribution in [0.15, 0.2) is 22.1 Å². The molecule has 0 spiro atoms. The van der Waals surface area contributed by atoms with Crippen LogP contribution < -0.4 is 0 Å². The van der Waals surface area contributed by atoms with Gasteiger partial charge >= 0.3 is 0 Å². The Hall–Kier alpha value is 0.0400. The Labute approximate surface area is 90.6 Å². The Balaban J connectivity index is 1.84. The maximum atomic E-state index is 5.18. The molecule has 2 nitrogen and oxygen atoms in total.